The van der Waals surface area contributed by atoms with Crippen molar-refractivity contribution >= 4 is 33.0 Å². The van der Waals surface area contributed by atoms with Crippen molar-refractivity contribution in [3.05, 3.63) is 65.5 Å². The fraction of sp³-hybridized carbons (Fsp3) is 0.318. The van der Waals surface area contributed by atoms with Crippen LogP contribution in [0.4, 0.5) is 14.5 Å². The number of hydrogen-bond acceptors (Lipinski definition) is 7. The Morgan fingerprint density at radius 3 is 2.78 bits per heavy atom. The van der Waals surface area contributed by atoms with Crippen molar-refractivity contribution in [2.45, 2.75) is 25.8 Å². The molecular formula is C22H26F2N8O3S. The van der Waals surface area contributed by atoms with E-state index in [9.17, 15) is 22.0 Å². The number of amides is 1. The number of aromatic nitrogens is 2. The number of hydrazone groups is 1. The number of fused-ring (bicyclic) bond motifs is 1. The third kappa shape index (κ3) is 5.45. The average Bonchev–Trinajstić information content (AvgIpc) is 3.22. The number of nitrogens with two attached hydrogens (primary N) is 2. The van der Waals surface area contributed by atoms with E-state index in [4.69, 9.17) is 11.6 Å². The Bertz CT molecular complexity index is 1400. The van der Waals surface area contributed by atoms with E-state index in [0.717, 1.165) is 15.0 Å². The van der Waals surface area contributed by atoms with Crippen LogP contribution >= 0.6 is 0 Å². The molecule has 1 aliphatic rings. The number of pyridine rings is 1. The lowest BCUT2D eigenvalue weighted by atomic mass is 10.1. The predicted molar refractivity (Wildman–Crippen MR) is 131 cm³/mol. The van der Waals surface area contributed by atoms with Crippen molar-refractivity contribution in [2.75, 3.05) is 24.2 Å². The number of sulfonamides is 1. The first kappa shape index (κ1) is 25.5. The van der Waals surface area contributed by atoms with Crippen LogP contribution < -0.4 is 16.9 Å². The Balaban J connectivity index is 1.42. The highest BCUT2D eigenvalue weighted by Crippen LogP contribution is 2.21. The van der Waals surface area contributed by atoms with Crippen LogP contribution in [0.5, 0.6) is 0 Å². The fourth-order valence-corrected chi connectivity index (χ4v) is 5.19. The Kier molecular flexibility index (Phi) is 7.19. The standard InChI is InChI=1S/C22H26F2N8O3S/c1-14-5-6-15(10-18(14)28-22(33)17-11-27-31-8-3-2-4-19(17)31)21(25)29-32(26)16-12-30(13-16)36(34,35)9-7-20(23)24/h2-6,8,10-11,16,20H,7,9,12-13,26H2,1H3,(H2,25,29)(H,28,33). The number of aryl methyl sites for hydroxylation is 1. The van der Waals surface area contributed by atoms with E-state index in [-0.39, 0.29) is 24.8 Å². The molecule has 1 fully saturated rings. The van der Waals surface area contributed by atoms with Gasteiger partial charge in [0.25, 0.3) is 5.91 Å². The number of carbonyl (C=O) groups is 1. The van der Waals surface area contributed by atoms with E-state index >= 15 is 0 Å². The molecule has 3 heterocycles. The third-order valence-corrected chi connectivity index (χ3v) is 7.70. The Hall–Kier alpha value is -3.62. The van der Waals surface area contributed by atoms with Gasteiger partial charge in [0.15, 0.2) is 5.84 Å². The van der Waals surface area contributed by atoms with Crippen LogP contribution in [0.3, 0.4) is 0 Å². The van der Waals surface area contributed by atoms with Gasteiger partial charge >= 0.3 is 0 Å². The Morgan fingerprint density at radius 1 is 1.31 bits per heavy atom. The summed E-state index contributed by atoms with van der Waals surface area (Å²) in [5.74, 6) is 5.05. The van der Waals surface area contributed by atoms with E-state index in [1.165, 1.54) is 6.20 Å². The van der Waals surface area contributed by atoms with E-state index in [1.807, 2.05) is 19.1 Å². The van der Waals surface area contributed by atoms with Crippen molar-refractivity contribution in [1.29, 1.82) is 0 Å². The highest BCUT2D eigenvalue weighted by atomic mass is 32.2. The summed E-state index contributed by atoms with van der Waals surface area (Å²) in [6.07, 6.45) is -0.170. The second kappa shape index (κ2) is 10.2. The predicted octanol–water partition coefficient (Wildman–Crippen LogP) is 1.36. The number of carbonyl (C=O) groups excluding carboxylic acids is 1. The molecule has 0 spiro atoms. The van der Waals surface area contributed by atoms with Gasteiger partial charge in [0.2, 0.25) is 16.4 Å². The normalized spacial score (nSPS) is 15.3. The number of nitrogens with zero attached hydrogens (tertiary/aromatic N) is 5. The number of anilines is 1. The fourth-order valence-electron chi connectivity index (χ4n) is 3.66. The van der Waals surface area contributed by atoms with Gasteiger partial charge in [0.1, 0.15) is 0 Å². The van der Waals surface area contributed by atoms with Crippen molar-refractivity contribution in [2.24, 2.45) is 16.7 Å². The molecule has 1 aromatic carbocycles. The molecule has 2 aromatic heterocycles. The maximum absolute atomic E-state index is 12.9. The van der Waals surface area contributed by atoms with E-state index in [0.29, 0.717) is 22.3 Å². The van der Waals surface area contributed by atoms with Crippen LogP contribution in [0, 0.1) is 6.92 Å². The van der Waals surface area contributed by atoms with Gasteiger partial charge in [0, 0.05) is 37.0 Å². The first-order valence-electron chi connectivity index (χ1n) is 11.0. The third-order valence-electron chi connectivity index (χ3n) is 5.87. The second-order valence-corrected chi connectivity index (χ2v) is 10.5. The van der Waals surface area contributed by atoms with Crippen molar-refractivity contribution in [3.8, 4) is 0 Å². The number of halogens is 2. The molecule has 0 aliphatic carbocycles. The molecule has 1 amide bonds. The molecule has 5 N–H and O–H groups in total. The molecule has 0 unspecified atom stereocenters. The van der Waals surface area contributed by atoms with Crippen molar-refractivity contribution < 1.29 is 22.0 Å². The molecule has 3 aromatic rings. The minimum Gasteiger partial charge on any atom is -0.382 e. The maximum atomic E-state index is 12.9. The van der Waals surface area contributed by atoms with Gasteiger partial charge in [-0.2, -0.15) is 9.40 Å². The molecule has 0 atom stereocenters. The summed E-state index contributed by atoms with van der Waals surface area (Å²) in [5, 5.41) is 12.2. The summed E-state index contributed by atoms with van der Waals surface area (Å²) in [5.41, 5.74) is 9.00. The monoisotopic (exact) mass is 520 g/mol. The van der Waals surface area contributed by atoms with Crippen LogP contribution in [0.2, 0.25) is 0 Å². The van der Waals surface area contributed by atoms with E-state index in [2.05, 4.69) is 15.5 Å². The average molecular weight is 521 g/mol. The largest absolute Gasteiger partial charge is 0.382 e. The van der Waals surface area contributed by atoms with Crippen LogP contribution in [0.25, 0.3) is 5.52 Å². The second-order valence-electron chi connectivity index (χ2n) is 8.40. The molecule has 36 heavy (non-hydrogen) atoms. The van der Waals surface area contributed by atoms with Gasteiger partial charge in [-0.15, -0.1) is 5.10 Å². The summed E-state index contributed by atoms with van der Waals surface area (Å²) in [6, 6.07) is 10.1. The lowest BCUT2D eigenvalue weighted by Crippen LogP contribution is -2.62. The molecule has 11 nitrogen and oxygen atoms in total. The topological polar surface area (TPSA) is 151 Å². The number of hydrazine groups is 1. The summed E-state index contributed by atoms with van der Waals surface area (Å²) >= 11 is 0. The molecule has 4 rings (SSSR count). The van der Waals surface area contributed by atoms with Crippen LogP contribution in [-0.2, 0) is 10.0 Å². The smallest absolute Gasteiger partial charge is 0.259 e. The van der Waals surface area contributed by atoms with E-state index < -0.39 is 34.7 Å². The molecule has 0 saturated carbocycles. The number of rotatable bonds is 9. The summed E-state index contributed by atoms with van der Waals surface area (Å²) < 4.78 is 51.5. The quantitative estimate of drug-likeness (QED) is 0.167. The zero-order valence-corrected chi connectivity index (χ0v) is 20.2. The van der Waals surface area contributed by atoms with E-state index in [1.54, 1.807) is 35.0 Å². The van der Waals surface area contributed by atoms with Gasteiger partial charge in [-0.1, -0.05) is 18.2 Å². The highest BCUT2D eigenvalue weighted by Gasteiger charge is 2.38. The SMILES string of the molecule is Cc1ccc(/C(N)=N/N(N)C2CN(S(=O)(=O)CCC(F)F)C2)cc1NC(=O)c1cnn2ccccc12. The first-order valence-corrected chi connectivity index (χ1v) is 12.6. The van der Waals surface area contributed by atoms with Crippen molar-refractivity contribution in [1.82, 2.24) is 19.0 Å². The summed E-state index contributed by atoms with van der Waals surface area (Å²) in [4.78, 5) is 12.9. The zero-order valence-electron chi connectivity index (χ0n) is 19.4. The molecule has 1 aliphatic heterocycles. The number of amidine groups is 1. The van der Waals surface area contributed by atoms with Gasteiger partial charge in [-0.25, -0.2) is 32.7 Å². The molecule has 192 valence electrons. The molecule has 0 radical (unpaired) electrons. The number of hydrogen-bond donors (Lipinski definition) is 3. The zero-order chi connectivity index (χ0) is 26.0. The van der Waals surface area contributed by atoms with Gasteiger partial charge in [-0.3, -0.25) is 4.79 Å². The van der Waals surface area contributed by atoms with Gasteiger partial charge < -0.3 is 11.1 Å². The van der Waals surface area contributed by atoms with Gasteiger partial charge in [-0.05, 0) is 30.7 Å². The Labute approximate surface area is 206 Å². The first-order chi connectivity index (χ1) is 17.0. The minimum absolute atomic E-state index is 0.0215. The van der Waals surface area contributed by atoms with Crippen LogP contribution in [0.15, 0.2) is 53.9 Å². The summed E-state index contributed by atoms with van der Waals surface area (Å²) in [7, 11) is -3.77. The Morgan fingerprint density at radius 2 is 2.06 bits per heavy atom. The number of nitrogens with one attached hydrogen (secondary N) is 1. The number of alkyl halides is 2. The van der Waals surface area contributed by atoms with Crippen LogP contribution in [0.1, 0.15) is 27.9 Å². The van der Waals surface area contributed by atoms with Crippen molar-refractivity contribution in [3.63, 3.8) is 0 Å². The number of benzene rings is 1. The molecular weight excluding hydrogens is 494 g/mol. The van der Waals surface area contributed by atoms with Crippen LogP contribution in [-0.4, -0.2) is 70.5 Å². The molecule has 14 heteroatoms. The lowest BCUT2D eigenvalue weighted by molar-refractivity contribution is 0.0904. The molecule has 0 bridgehead atoms. The lowest BCUT2D eigenvalue weighted by Gasteiger charge is -2.41. The highest BCUT2D eigenvalue weighted by molar-refractivity contribution is 7.89. The maximum Gasteiger partial charge on any atom is 0.259 e. The molecule has 1 saturated heterocycles. The van der Waals surface area contributed by atoms with Gasteiger partial charge in [0.05, 0.1) is 29.1 Å². The summed E-state index contributed by atoms with van der Waals surface area (Å²) in [6.45, 7) is 1.87. The minimum atomic E-state index is -3.77.